The second kappa shape index (κ2) is 5.21. The molecule has 100 valence electrons. The molecule has 0 atom stereocenters. The SMILES string of the molecule is COc1ccc(N2CCCCC2)cc1C(C)(C)C. The van der Waals surface area contributed by atoms with Crippen molar-refractivity contribution in [3.05, 3.63) is 23.8 Å². The predicted octanol–water partition coefficient (Wildman–Crippen LogP) is 3.98. The van der Waals surface area contributed by atoms with Crippen LogP contribution in [0, 0.1) is 0 Å². The Bertz CT molecular complexity index is 400. The fourth-order valence-electron chi connectivity index (χ4n) is 2.63. The predicted molar refractivity (Wildman–Crippen MR) is 77.8 cm³/mol. The molecule has 0 N–H and O–H groups in total. The van der Waals surface area contributed by atoms with Crippen molar-refractivity contribution in [1.29, 1.82) is 0 Å². The largest absolute Gasteiger partial charge is 0.496 e. The highest BCUT2D eigenvalue weighted by atomic mass is 16.5. The Hall–Kier alpha value is -1.18. The van der Waals surface area contributed by atoms with Gasteiger partial charge in [-0.25, -0.2) is 0 Å². The Kier molecular flexibility index (Phi) is 3.84. The van der Waals surface area contributed by atoms with Gasteiger partial charge in [0, 0.05) is 24.3 Å². The first kappa shape index (κ1) is 13.3. The summed E-state index contributed by atoms with van der Waals surface area (Å²) >= 11 is 0. The normalized spacial score (nSPS) is 16.8. The first-order valence-corrected chi connectivity index (χ1v) is 6.96. The average molecular weight is 247 g/mol. The molecule has 0 aromatic heterocycles. The third-order valence-corrected chi connectivity index (χ3v) is 3.71. The maximum Gasteiger partial charge on any atom is 0.122 e. The van der Waals surface area contributed by atoms with Crippen LogP contribution in [-0.2, 0) is 5.41 Å². The minimum Gasteiger partial charge on any atom is -0.496 e. The lowest BCUT2D eigenvalue weighted by Gasteiger charge is -2.31. The van der Waals surface area contributed by atoms with Crippen LogP contribution in [-0.4, -0.2) is 20.2 Å². The van der Waals surface area contributed by atoms with Crippen molar-refractivity contribution in [2.45, 2.75) is 45.4 Å². The van der Waals surface area contributed by atoms with Crippen molar-refractivity contribution in [2.24, 2.45) is 0 Å². The monoisotopic (exact) mass is 247 g/mol. The van der Waals surface area contributed by atoms with Crippen LogP contribution in [0.1, 0.15) is 45.6 Å². The van der Waals surface area contributed by atoms with Crippen molar-refractivity contribution < 1.29 is 4.74 Å². The zero-order valence-electron chi connectivity index (χ0n) is 12.1. The molecule has 0 bridgehead atoms. The summed E-state index contributed by atoms with van der Waals surface area (Å²) in [6.07, 6.45) is 4.01. The van der Waals surface area contributed by atoms with Gasteiger partial charge in [-0.15, -0.1) is 0 Å². The smallest absolute Gasteiger partial charge is 0.122 e. The number of rotatable bonds is 2. The topological polar surface area (TPSA) is 12.5 Å². The lowest BCUT2D eigenvalue weighted by Crippen LogP contribution is -2.29. The molecule has 2 nitrogen and oxygen atoms in total. The molecule has 1 aliphatic rings. The van der Waals surface area contributed by atoms with E-state index in [0.717, 1.165) is 5.75 Å². The van der Waals surface area contributed by atoms with Crippen LogP contribution in [0.3, 0.4) is 0 Å². The van der Waals surface area contributed by atoms with Crippen LogP contribution in [0.15, 0.2) is 18.2 Å². The maximum absolute atomic E-state index is 5.50. The minimum atomic E-state index is 0.122. The minimum absolute atomic E-state index is 0.122. The van der Waals surface area contributed by atoms with E-state index in [0.29, 0.717) is 0 Å². The molecule has 2 rings (SSSR count). The number of ether oxygens (including phenoxy) is 1. The third kappa shape index (κ3) is 2.80. The summed E-state index contributed by atoms with van der Waals surface area (Å²) < 4.78 is 5.50. The van der Waals surface area contributed by atoms with Gasteiger partial charge in [-0.3, -0.25) is 0 Å². The van der Waals surface area contributed by atoms with E-state index in [1.54, 1.807) is 7.11 Å². The molecule has 1 fully saturated rings. The fourth-order valence-corrected chi connectivity index (χ4v) is 2.63. The molecule has 0 saturated carbocycles. The van der Waals surface area contributed by atoms with Gasteiger partial charge in [-0.05, 0) is 42.9 Å². The van der Waals surface area contributed by atoms with Gasteiger partial charge in [0.25, 0.3) is 0 Å². The van der Waals surface area contributed by atoms with Gasteiger partial charge in [0.05, 0.1) is 7.11 Å². The molecule has 1 aromatic rings. The molecule has 0 radical (unpaired) electrons. The van der Waals surface area contributed by atoms with Crippen LogP contribution in [0.5, 0.6) is 5.75 Å². The molecule has 0 aliphatic carbocycles. The zero-order valence-corrected chi connectivity index (χ0v) is 12.1. The maximum atomic E-state index is 5.50. The first-order valence-electron chi connectivity index (χ1n) is 6.96. The molecular weight excluding hydrogens is 222 g/mol. The summed E-state index contributed by atoms with van der Waals surface area (Å²) in [5.41, 5.74) is 2.77. The lowest BCUT2D eigenvalue weighted by atomic mass is 9.86. The van der Waals surface area contributed by atoms with E-state index in [1.165, 1.54) is 43.6 Å². The summed E-state index contributed by atoms with van der Waals surface area (Å²) in [6.45, 7) is 9.10. The Morgan fingerprint density at radius 1 is 1.06 bits per heavy atom. The molecule has 0 spiro atoms. The van der Waals surface area contributed by atoms with Gasteiger partial charge in [-0.2, -0.15) is 0 Å². The first-order chi connectivity index (χ1) is 8.52. The summed E-state index contributed by atoms with van der Waals surface area (Å²) in [6, 6.07) is 6.62. The van der Waals surface area contributed by atoms with E-state index in [4.69, 9.17) is 4.74 Å². The highest BCUT2D eigenvalue weighted by Crippen LogP contribution is 2.35. The van der Waals surface area contributed by atoms with Crippen LogP contribution in [0.4, 0.5) is 5.69 Å². The Morgan fingerprint density at radius 2 is 1.72 bits per heavy atom. The van der Waals surface area contributed by atoms with Gasteiger partial charge in [0.2, 0.25) is 0 Å². The summed E-state index contributed by atoms with van der Waals surface area (Å²) in [5, 5.41) is 0. The average Bonchev–Trinajstić information content (AvgIpc) is 2.38. The van der Waals surface area contributed by atoms with E-state index >= 15 is 0 Å². The second-order valence-electron chi connectivity index (χ2n) is 6.18. The zero-order chi connectivity index (χ0) is 13.2. The lowest BCUT2D eigenvalue weighted by molar-refractivity contribution is 0.397. The van der Waals surface area contributed by atoms with E-state index in [1.807, 2.05) is 0 Å². The van der Waals surface area contributed by atoms with Crippen LogP contribution >= 0.6 is 0 Å². The van der Waals surface area contributed by atoms with Crippen LogP contribution in [0.2, 0.25) is 0 Å². The molecule has 1 heterocycles. The fraction of sp³-hybridized carbons (Fsp3) is 0.625. The van der Waals surface area contributed by atoms with Crippen molar-refractivity contribution in [2.75, 3.05) is 25.1 Å². The Labute approximate surface area is 111 Å². The van der Waals surface area contributed by atoms with Crippen LogP contribution < -0.4 is 9.64 Å². The number of piperidine rings is 1. The number of methoxy groups -OCH3 is 1. The van der Waals surface area contributed by atoms with E-state index in [9.17, 15) is 0 Å². The second-order valence-corrected chi connectivity index (χ2v) is 6.18. The van der Waals surface area contributed by atoms with E-state index in [-0.39, 0.29) is 5.41 Å². The van der Waals surface area contributed by atoms with Gasteiger partial charge in [0.1, 0.15) is 5.75 Å². The number of hydrogen-bond donors (Lipinski definition) is 0. The standard InChI is InChI=1S/C16H25NO/c1-16(2,3)14-12-13(8-9-15(14)18-4)17-10-6-5-7-11-17/h8-9,12H,5-7,10-11H2,1-4H3. The summed E-state index contributed by atoms with van der Waals surface area (Å²) in [4.78, 5) is 2.50. The molecule has 0 unspecified atom stereocenters. The van der Waals surface area contributed by atoms with Gasteiger partial charge < -0.3 is 9.64 Å². The number of benzene rings is 1. The highest BCUT2D eigenvalue weighted by Gasteiger charge is 2.21. The van der Waals surface area contributed by atoms with E-state index in [2.05, 4.69) is 43.9 Å². The highest BCUT2D eigenvalue weighted by molar-refractivity contribution is 5.55. The number of hydrogen-bond acceptors (Lipinski definition) is 2. The third-order valence-electron chi connectivity index (χ3n) is 3.71. The Morgan fingerprint density at radius 3 is 2.28 bits per heavy atom. The van der Waals surface area contributed by atoms with E-state index < -0.39 is 0 Å². The van der Waals surface area contributed by atoms with Gasteiger partial charge in [-0.1, -0.05) is 20.8 Å². The molecule has 1 aromatic carbocycles. The molecule has 18 heavy (non-hydrogen) atoms. The van der Waals surface area contributed by atoms with Crippen LogP contribution in [0.25, 0.3) is 0 Å². The van der Waals surface area contributed by atoms with Crippen molar-refractivity contribution >= 4 is 5.69 Å². The molecular formula is C16H25NO. The van der Waals surface area contributed by atoms with Crippen molar-refractivity contribution in [1.82, 2.24) is 0 Å². The number of nitrogens with zero attached hydrogens (tertiary/aromatic N) is 1. The summed E-state index contributed by atoms with van der Waals surface area (Å²) in [7, 11) is 1.76. The number of anilines is 1. The molecule has 1 saturated heterocycles. The molecule has 0 amide bonds. The van der Waals surface area contributed by atoms with Gasteiger partial charge in [0.15, 0.2) is 0 Å². The summed E-state index contributed by atoms with van der Waals surface area (Å²) in [5.74, 6) is 1.00. The quantitative estimate of drug-likeness (QED) is 0.783. The van der Waals surface area contributed by atoms with Crippen molar-refractivity contribution in [3.63, 3.8) is 0 Å². The molecule has 1 aliphatic heterocycles. The van der Waals surface area contributed by atoms with Crippen molar-refractivity contribution in [3.8, 4) is 5.75 Å². The molecule has 2 heteroatoms. The Balaban J connectivity index is 2.33. The van der Waals surface area contributed by atoms with Gasteiger partial charge >= 0.3 is 0 Å².